The average Bonchev–Trinajstić information content (AvgIpc) is 2.82. The molecule has 4 rings (SSSR count). The van der Waals surface area contributed by atoms with Gasteiger partial charge >= 0.3 is 0 Å². The van der Waals surface area contributed by atoms with E-state index >= 15 is 0 Å². The fraction of sp³-hybridized carbons (Fsp3) is 0.167. The largest absolute Gasteiger partial charge is 0.497 e. The highest BCUT2D eigenvalue weighted by molar-refractivity contribution is 8.01. The molecule has 7 heteroatoms. The van der Waals surface area contributed by atoms with E-state index in [4.69, 9.17) is 4.74 Å². The topological polar surface area (TPSA) is 49.9 Å². The van der Waals surface area contributed by atoms with Crippen LogP contribution in [0.3, 0.4) is 0 Å². The Morgan fingerprint density at radius 3 is 1.74 bits per heavy atom. The van der Waals surface area contributed by atoms with Gasteiger partial charge in [-0.1, -0.05) is 59.9 Å². The molecule has 0 aromatic heterocycles. The minimum absolute atomic E-state index is 0.113. The maximum Gasteiger partial charge on any atom is 0.262 e. The first kappa shape index (κ1) is 21.3. The fourth-order valence-electron chi connectivity index (χ4n) is 3.29. The summed E-state index contributed by atoms with van der Waals surface area (Å²) < 4.78 is 5.26. The molecule has 0 N–H and O–H groups in total. The summed E-state index contributed by atoms with van der Waals surface area (Å²) in [6.07, 6.45) is 0. The minimum Gasteiger partial charge on any atom is -0.497 e. The summed E-state index contributed by atoms with van der Waals surface area (Å²) in [7, 11) is 3.30. The lowest BCUT2D eigenvalue weighted by molar-refractivity contribution is -0.139. The van der Waals surface area contributed by atoms with Gasteiger partial charge in [-0.05, 0) is 48.5 Å². The zero-order valence-corrected chi connectivity index (χ0v) is 18.8. The number of nitrogens with zero attached hydrogens (tertiary/aromatic N) is 2. The number of rotatable bonds is 6. The molecule has 0 spiro atoms. The van der Waals surface area contributed by atoms with Gasteiger partial charge in [-0.2, -0.15) is 0 Å². The first-order valence-electron chi connectivity index (χ1n) is 9.75. The maximum absolute atomic E-state index is 13.7. The van der Waals surface area contributed by atoms with E-state index in [9.17, 15) is 9.59 Å². The van der Waals surface area contributed by atoms with Crippen molar-refractivity contribution in [2.75, 3.05) is 19.1 Å². The molecule has 2 atom stereocenters. The number of piperazine rings is 1. The van der Waals surface area contributed by atoms with Gasteiger partial charge in [-0.3, -0.25) is 14.5 Å². The van der Waals surface area contributed by atoms with Crippen LogP contribution in [-0.4, -0.2) is 41.6 Å². The third-order valence-electron chi connectivity index (χ3n) is 4.93. The number of ether oxygens (including phenoxy) is 1. The third kappa shape index (κ3) is 4.57. The molecule has 3 aromatic rings. The van der Waals surface area contributed by atoms with Crippen molar-refractivity contribution >= 4 is 41.0 Å². The first-order valence-corrected chi connectivity index (χ1v) is 11.5. The number of amides is 2. The van der Waals surface area contributed by atoms with E-state index < -0.39 is 10.7 Å². The number of methoxy groups -OCH3 is 1. The molecule has 158 valence electrons. The van der Waals surface area contributed by atoms with Gasteiger partial charge in [-0.15, -0.1) is 0 Å². The Bertz CT molecular complexity index is 1050. The van der Waals surface area contributed by atoms with E-state index in [1.165, 1.54) is 23.5 Å². The van der Waals surface area contributed by atoms with Gasteiger partial charge in [0.2, 0.25) is 0 Å². The van der Waals surface area contributed by atoms with Crippen molar-refractivity contribution in [2.24, 2.45) is 0 Å². The molecule has 3 aromatic carbocycles. The Morgan fingerprint density at radius 1 is 0.710 bits per heavy atom. The SMILES string of the molecule is COc1ccc(N2C(=O)C(Sc3ccccc3)N(C)C(=O)C2Sc2ccccc2)cc1. The Balaban J connectivity index is 1.71. The predicted molar refractivity (Wildman–Crippen MR) is 125 cm³/mol. The van der Waals surface area contributed by atoms with Crippen LogP contribution in [0.15, 0.2) is 94.7 Å². The minimum atomic E-state index is -0.694. The second-order valence-electron chi connectivity index (χ2n) is 6.92. The Labute approximate surface area is 190 Å². The molecule has 1 heterocycles. The Kier molecular flexibility index (Phi) is 6.53. The molecule has 31 heavy (non-hydrogen) atoms. The molecule has 0 radical (unpaired) electrons. The van der Waals surface area contributed by atoms with E-state index in [-0.39, 0.29) is 11.8 Å². The molecule has 1 fully saturated rings. The van der Waals surface area contributed by atoms with E-state index in [2.05, 4.69) is 0 Å². The van der Waals surface area contributed by atoms with Gasteiger partial charge < -0.3 is 9.64 Å². The molecule has 2 unspecified atom stereocenters. The molecular weight excluding hydrogens is 428 g/mol. The number of thioether (sulfide) groups is 2. The fourth-order valence-corrected chi connectivity index (χ4v) is 5.51. The van der Waals surface area contributed by atoms with Gasteiger partial charge in [-0.25, -0.2) is 0 Å². The van der Waals surface area contributed by atoms with Gasteiger partial charge in [0.05, 0.1) is 7.11 Å². The van der Waals surface area contributed by atoms with Crippen molar-refractivity contribution in [3.63, 3.8) is 0 Å². The molecule has 0 saturated carbocycles. The lowest BCUT2D eigenvalue weighted by Crippen LogP contribution is -2.61. The Morgan fingerprint density at radius 2 is 1.23 bits per heavy atom. The van der Waals surface area contributed by atoms with Crippen molar-refractivity contribution in [2.45, 2.75) is 20.5 Å². The van der Waals surface area contributed by atoms with E-state index in [0.717, 1.165) is 9.79 Å². The standard InChI is InChI=1S/C24H22N2O3S2/c1-25-21(27)24(31-20-11-7-4-8-12-20)26(17-13-15-18(29-2)16-14-17)22(28)23(25)30-19-9-5-3-6-10-19/h3-16,23-24H,1-2H3. The van der Waals surface area contributed by atoms with E-state index in [0.29, 0.717) is 11.4 Å². The maximum atomic E-state index is 13.7. The summed E-state index contributed by atoms with van der Waals surface area (Å²) in [5, 5.41) is -1.34. The van der Waals surface area contributed by atoms with Crippen LogP contribution in [0.5, 0.6) is 5.75 Å². The van der Waals surface area contributed by atoms with E-state index in [1.54, 1.807) is 36.1 Å². The van der Waals surface area contributed by atoms with Crippen LogP contribution >= 0.6 is 23.5 Å². The summed E-state index contributed by atoms with van der Waals surface area (Å²) in [5.74, 6) is 0.450. The third-order valence-corrected chi connectivity index (χ3v) is 7.39. The van der Waals surface area contributed by atoms with Crippen LogP contribution < -0.4 is 9.64 Å². The molecular formula is C24H22N2O3S2. The molecule has 1 saturated heterocycles. The van der Waals surface area contributed by atoms with Crippen molar-refractivity contribution in [1.29, 1.82) is 0 Å². The molecule has 2 amide bonds. The zero-order valence-electron chi connectivity index (χ0n) is 17.2. The van der Waals surface area contributed by atoms with Gasteiger partial charge in [0, 0.05) is 22.5 Å². The first-order chi connectivity index (χ1) is 15.1. The highest BCUT2D eigenvalue weighted by Crippen LogP contribution is 2.39. The summed E-state index contributed by atoms with van der Waals surface area (Å²) in [6.45, 7) is 0. The summed E-state index contributed by atoms with van der Waals surface area (Å²) in [5.41, 5.74) is 0.666. The molecule has 5 nitrogen and oxygen atoms in total. The van der Waals surface area contributed by atoms with Crippen LogP contribution in [0, 0.1) is 0 Å². The lowest BCUT2D eigenvalue weighted by atomic mass is 10.2. The quantitative estimate of drug-likeness (QED) is 0.543. The smallest absolute Gasteiger partial charge is 0.262 e. The molecule has 0 aliphatic carbocycles. The van der Waals surface area contributed by atoms with Crippen LogP contribution in [0.4, 0.5) is 5.69 Å². The van der Waals surface area contributed by atoms with Crippen LogP contribution in [0.25, 0.3) is 0 Å². The van der Waals surface area contributed by atoms with E-state index in [1.807, 2.05) is 72.8 Å². The van der Waals surface area contributed by atoms with Crippen LogP contribution in [0.2, 0.25) is 0 Å². The number of anilines is 1. The van der Waals surface area contributed by atoms with Gasteiger partial charge in [0.15, 0.2) is 10.7 Å². The number of carbonyl (C=O) groups is 2. The van der Waals surface area contributed by atoms with Crippen LogP contribution in [-0.2, 0) is 9.59 Å². The monoisotopic (exact) mass is 450 g/mol. The summed E-state index contributed by atoms with van der Waals surface area (Å²) in [4.78, 5) is 32.2. The molecule has 0 bridgehead atoms. The van der Waals surface area contributed by atoms with Crippen molar-refractivity contribution in [1.82, 2.24) is 4.90 Å². The van der Waals surface area contributed by atoms with Crippen molar-refractivity contribution in [3.05, 3.63) is 84.9 Å². The Hall–Kier alpha value is -2.90. The highest BCUT2D eigenvalue weighted by Gasteiger charge is 2.46. The number of carbonyl (C=O) groups excluding carboxylic acids is 2. The second-order valence-corrected chi connectivity index (χ2v) is 9.23. The number of hydrogen-bond donors (Lipinski definition) is 0. The van der Waals surface area contributed by atoms with Gasteiger partial charge in [0.25, 0.3) is 11.8 Å². The number of benzene rings is 3. The number of hydrogen-bond acceptors (Lipinski definition) is 5. The molecule has 1 aliphatic heterocycles. The molecule has 1 aliphatic rings. The highest BCUT2D eigenvalue weighted by atomic mass is 32.2. The lowest BCUT2D eigenvalue weighted by Gasteiger charge is -2.42. The number of likely N-dealkylation sites (N-methyl/N-ethyl adjacent to an activating group) is 1. The average molecular weight is 451 g/mol. The van der Waals surface area contributed by atoms with Gasteiger partial charge in [0.1, 0.15) is 5.75 Å². The predicted octanol–water partition coefficient (Wildman–Crippen LogP) is 4.74. The van der Waals surface area contributed by atoms with Crippen molar-refractivity contribution in [3.8, 4) is 5.75 Å². The summed E-state index contributed by atoms with van der Waals surface area (Å²) in [6, 6.07) is 26.6. The van der Waals surface area contributed by atoms with Crippen LogP contribution in [0.1, 0.15) is 0 Å². The summed E-state index contributed by atoms with van der Waals surface area (Å²) >= 11 is 2.75. The zero-order chi connectivity index (χ0) is 21.8. The van der Waals surface area contributed by atoms with Crippen molar-refractivity contribution < 1.29 is 14.3 Å². The normalized spacial score (nSPS) is 18.9. The second kappa shape index (κ2) is 9.49.